The Morgan fingerprint density at radius 3 is 2.71 bits per heavy atom. The number of nitrogens with one attached hydrogen (secondary N) is 2. The molecule has 0 aliphatic carbocycles. The molecule has 2 N–H and O–H groups in total. The monoisotopic (exact) mass is 293 g/mol. The van der Waals surface area contributed by atoms with Crippen LogP contribution >= 0.6 is 0 Å². The van der Waals surface area contributed by atoms with Crippen LogP contribution in [-0.4, -0.2) is 57.8 Å². The Hall–Kier alpha value is -1.43. The van der Waals surface area contributed by atoms with Crippen LogP contribution in [0.5, 0.6) is 0 Å². The molecule has 0 heterocycles. The van der Waals surface area contributed by atoms with E-state index in [1.165, 1.54) is 5.56 Å². The largest absolute Gasteiger partial charge is 0.383 e. The van der Waals surface area contributed by atoms with Gasteiger partial charge in [-0.3, -0.25) is 4.79 Å². The third kappa shape index (κ3) is 9.18. The molecule has 0 saturated heterocycles. The van der Waals surface area contributed by atoms with Crippen molar-refractivity contribution in [2.24, 2.45) is 0 Å². The van der Waals surface area contributed by atoms with Gasteiger partial charge in [0.25, 0.3) is 0 Å². The predicted molar refractivity (Wildman–Crippen MR) is 85.1 cm³/mol. The summed E-state index contributed by atoms with van der Waals surface area (Å²) in [4.78, 5) is 13.8. The molecule has 0 aliphatic rings. The molecule has 0 aromatic heterocycles. The number of amides is 1. The first-order valence-corrected chi connectivity index (χ1v) is 7.41. The minimum Gasteiger partial charge on any atom is -0.383 e. The van der Waals surface area contributed by atoms with Gasteiger partial charge >= 0.3 is 0 Å². The maximum atomic E-state index is 11.5. The van der Waals surface area contributed by atoms with Gasteiger partial charge in [0.05, 0.1) is 13.2 Å². The second kappa shape index (κ2) is 11.3. The smallest absolute Gasteiger partial charge is 0.233 e. The van der Waals surface area contributed by atoms with Gasteiger partial charge in [0.15, 0.2) is 0 Å². The average molecular weight is 293 g/mol. The van der Waals surface area contributed by atoms with Crippen LogP contribution in [0.4, 0.5) is 0 Å². The number of hydrogen-bond acceptors (Lipinski definition) is 4. The highest BCUT2D eigenvalue weighted by molar-refractivity contribution is 5.77. The van der Waals surface area contributed by atoms with Gasteiger partial charge < -0.3 is 20.3 Å². The first kappa shape index (κ1) is 17.6. The van der Waals surface area contributed by atoms with Gasteiger partial charge in [-0.05, 0) is 25.6 Å². The molecule has 5 heteroatoms. The van der Waals surface area contributed by atoms with Crippen molar-refractivity contribution in [2.75, 3.05) is 46.9 Å². The predicted octanol–water partition coefficient (Wildman–Crippen LogP) is 0.861. The van der Waals surface area contributed by atoms with Crippen LogP contribution < -0.4 is 10.6 Å². The van der Waals surface area contributed by atoms with Crippen molar-refractivity contribution >= 4 is 5.91 Å². The second-order valence-corrected chi connectivity index (χ2v) is 5.10. The van der Waals surface area contributed by atoms with Crippen molar-refractivity contribution in [3.8, 4) is 0 Å². The molecule has 1 aromatic carbocycles. The molecule has 118 valence electrons. The number of rotatable bonds is 11. The number of ether oxygens (including phenoxy) is 1. The van der Waals surface area contributed by atoms with Crippen molar-refractivity contribution in [3.63, 3.8) is 0 Å². The fraction of sp³-hybridized carbons (Fsp3) is 0.562. The molecule has 0 spiro atoms. The number of carbonyl (C=O) groups excluding carboxylic acids is 1. The molecule has 0 radical (unpaired) electrons. The lowest BCUT2D eigenvalue weighted by atomic mass is 10.2. The molecule has 1 rings (SSSR count). The van der Waals surface area contributed by atoms with E-state index >= 15 is 0 Å². The van der Waals surface area contributed by atoms with Crippen LogP contribution in [0.1, 0.15) is 12.0 Å². The number of nitrogens with zero attached hydrogens (tertiary/aromatic N) is 1. The molecule has 0 saturated carbocycles. The van der Waals surface area contributed by atoms with Gasteiger partial charge in [-0.1, -0.05) is 30.3 Å². The van der Waals surface area contributed by atoms with Crippen molar-refractivity contribution in [1.29, 1.82) is 0 Å². The highest BCUT2D eigenvalue weighted by atomic mass is 16.5. The lowest BCUT2D eigenvalue weighted by Crippen LogP contribution is -2.36. The average Bonchev–Trinajstić information content (AvgIpc) is 2.49. The minimum absolute atomic E-state index is 0.0387. The summed E-state index contributed by atoms with van der Waals surface area (Å²) >= 11 is 0. The SMILES string of the molecule is COCCNCC(=O)NCCCN(C)Cc1ccccc1. The van der Waals surface area contributed by atoms with Crippen LogP contribution in [0.25, 0.3) is 0 Å². The van der Waals surface area contributed by atoms with E-state index in [1.54, 1.807) is 7.11 Å². The van der Waals surface area contributed by atoms with Gasteiger partial charge in [0, 0.05) is 26.7 Å². The minimum atomic E-state index is 0.0387. The zero-order valence-corrected chi connectivity index (χ0v) is 13.1. The van der Waals surface area contributed by atoms with E-state index in [4.69, 9.17) is 4.74 Å². The van der Waals surface area contributed by atoms with E-state index in [0.717, 1.165) is 19.5 Å². The molecule has 5 nitrogen and oxygen atoms in total. The fourth-order valence-electron chi connectivity index (χ4n) is 1.99. The summed E-state index contributed by atoms with van der Waals surface area (Å²) < 4.78 is 4.90. The molecule has 0 atom stereocenters. The molecule has 0 fully saturated rings. The summed E-state index contributed by atoms with van der Waals surface area (Å²) in [5.74, 6) is 0.0387. The van der Waals surface area contributed by atoms with E-state index in [1.807, 2.05) is 6.07 Å². The maximum Gasteiger partial charge on any atom is 0.233 e. The van der Waals surface area contributed by atoms with E-state index in [0.29, 0.717) is 26.2 Å². The molecular formula is C16H27N3O2. The van der Waals surface area contributed by atoms with Gasteiger partial charge in [-0.15, -0.1) is 0 Å². The summed E-state index contributed by atoms with van der Waals surface area (Å²) in [7, 11) is 3.74. The number of carbonyl (C=O) groups is 1. The van der Waals surface area contributed by atoms with Gasteiger partial charge in [0.2, 0.25) is 5.91 Å². The first-order valence-electron chi connectivity index (χ1n) is 7.41. The Balaban J connectivity index is 2.01. The molecule has 1 amide bonds. The molecule has 1 aromatic rings. The standard InChI is InChI=1S/C16H27N3O2/c1-19(14-15-7-4-3-5-8-15)11-6-9-18-16(20)13-17-10-12-21-2/h3-5,7-8,17H,6,9-14H2,1-2H3,(H,18,20). The Bertz CT molecular complexity index is 384. The quantitative estimate of drug-likeness (QED) is 0.594. The third-order valence-corrected chi connectivity index (χ3v) is 3.10. The van der Waals surface area contributed by atoms with E-state index < -0.39 is 0 Å². The summed E-state index contributed by atoms with van der Waals surface area (Å²) in [6.45, 7) is 4.29. The van der Waals surface area contributed by atoms with Crippen molar-refractivity contribution < 1.29 is 9.53 Å². The van der Waals surface area contributed by atoms with Gasteiger partial charge in [-0.2, -0.15) is 0 Å². The van der Waals surface area contributed by atoms with Crippen LogP contribution in [0.2, 0.25) is 0 Å². The fourth-order valence-corrected chi connectivity index (χ4v) is 1.99. The zero-order valence-electron chi connectivity index (χ0n) is 13.1. The van der Waals surface area contributed by atoms with E-state index in [-0.39, 0.29) is 5.91 Å². The number of hydrogen-bond donors (Lipinski definition) is 2. The highest BCUT2D eigenvalue weighted by Crippen LogP contribution is 2.02. The Labute approximate surface area is 127 Å². The van der Waals surface area contributed by atoms with Crippen LogP contribution in [-0.2, 0) is 16.1 Å². The van der Waals surface area contributed by atoms with Crippen molar-refractivity contribution in [2.45, 2.75) is 13.0 Å². The van der Waals surface area contributed by atoms with E-state index in [9.17, 15) is 4.79 Å². The number of benzene rings is 1. The summed E-state index contributed by atoms with van der Waals surface area (Å²) in [6.07, 6.45) is 0.952. The lowest BCUT2D eigenvalue weighted by molar-refractivity contribution is -0.120. The molecular weight excluding hydrogens is 266 g/mol. The van der Waals surface area contributed by atoms with Crippen LogP contribution in [0.15, 0.2) is 30.3 Å². The molecule has 0 aliphatic heterocycles. The maximum absolute atomic E-state index is 11.5. The van der Waals surface area contributed by atoms with Gasteiger partial charge in [-0.25, -0.2) is 0 Å². The van der Waals surface area contributed by atoms with Crippen LogP contribution in [0.3, 0.4) is 0 Å². The van der Waals surface area contributed by atoms with Crippen LogP contribution in [0, 0.1) is 0 Å². The lowest BCUT2D eigenvalue weighted by Gasteiger charge is -2.16. The third-order valence-electron chi connectivity index (χ3n) is 3.10. The molecule has 0 unspecified atom stereocenters. The summed E-state index contributed by atoms with van der Waals surface area (Å²) in [5.41, 5.74) is 1.31. The summed E-state index contributed by atoms with van der Waals surface area (Å²) in [5, 5.41) is 5.93. The van der Waals surface area contributed by atoms with Gasteiger partial charge in [0.1, 0.15) is 0 Å². The summed E-state index contributed by atoms with van der Waals surface area (Å²) in [6, 6.07) is 10.4. The molecule has 21 heavy (non-hydrogen) atoms. The zero-order chi connectivity index (χ0) is 15.3. The topological polar surface area (TPSA) is 53.6 Å². The van der Waals surface area contributed by atoms with E-state index in [2.05, 4.69) is 46.8 Å². The Morgan fingerprint density at radius 2 is 2.00 bits per heavy atom. The first-order chi connectivity index (χ1) is 10.2. The second-order valence-electron chi connectivity index (χ2n) is 5.10. The van der Waals surface area contributed by atoms with Crippen molar-refractivity contribution in [1.82, 2.24) is 15.5 Å². The Kier molecular flexibility index (Phi) is 9.44. The molecule has 0 bridgehead atoms. The normalized spacial score (nSPS) is 10.8. The van der Waals surface area contributed by atoms with Crippen molar-refractivity contribution in [3.05, 3.63) is 35.9 Å². The highest BCUT2D eigenvalue weighted by Gasteiger charge is 2.02. The number of methoxy groups -OCH3 is 1. The Morgan fingerprint density at radius 1 is 1.24 bits per heavy atom.